The number of hydrogen-bond donors (Lipinski definition) is 1. The second-order valence-electron chi connectivity index (χ2n) is 7.11. The molecule has 1 heterocycles. The summed E-state index contributed by atoms with van der Waals surface area (Å²) < 4.78 is 44.6. The fourth-order valence-corrected chi connectivity index (χ4v) is 4.41. The van der Waals surface area contributed by atoms with E-state index in [1.807, 2.05) is 53.3 Å². The Hall–Kier alpha value is -2.61. The van der Waals surface area contributed by atoms with Crippen LogP contribution in [0.15, 0.2) is 71.6 Å². The number of hydrogen-bond acceptors (Lipinski definition) is 3. The number of thioether (sulfide) groups is 1. The highest BCUT2D eigenvalue weighted by molar-refractivity contribution is 7.98. The molecule has 0 fully saturated rings. The van der Waals surface area contributed by atoms with Gasteiger partial charge in [-0.1, -0.05) is 41.9 Å². The smallest absolute Gasteiger partial charge is 0.406 e. The van der Waals surface area contributed by atoms with E-state index in [0.29, 0.717) is 33.7 Å². The number of aromatic nitrogens is 1. The van der Waals surface area contributed by atoms with Gasteiger partial charge in [0.2, 0.25) is 0 Å². The topological polar surface area (TPSA) is 34.4 Å². The number of rotatable bonds is 6. The number of halogens is 4. The Morgan fingerprint density at radius 2 is 1.75 bits per heavy atom. The van der Waals surface area contributed by atoms with Crippen LogP contribution in [0.1, 0.15) is 11.3 Å². The normalized spacial score (nSPS) is 11.8. The predicted molar refractivity (Wildman–Crippen MR) is 122 cm³/mol. The molecule has 3 nitrogen and oxygen atoms in total. The SMILES string of the molecule is CSc1ccc(-c2c(CO)n(Cc3ccccc3Cl)c3ccc(OC(F)(F)F)cc23)cc1. The molecule has 8 heteroatoms. The van der Waals surface area contributed by atoms with Crippen LogP contribution in [-0.2, 0) is 13.2 Å². The highest BCUT2D eigenvalue weighted by Gasteiger charge is 2.31. The van der Waals surface area contributed by atoms with Crippen molar-refractivity contribution >= 4 is 34.3 Å². The van der Waals surface area contributed by atoms with Gasteiger partial charge in [0.25, 0.3) is 0 Å². The third-order valence-electron chi connectivity index (χ3n) is 5.19. The standard InChI is InChI=1S/C24H19ClF3NO2S/c1-32-18-9-6-15(7-10-18)23-19-12-17(31-24(26,27)28)8-11-21(19)29(22(23)14-30)13-16-4-2-3-5-20(16)25/h2-12,30H,13-14H2,1H3. The van der Waals surface area contributed by atoms with Crippen molar-refractivity contribution in [2.45, 2.75) is 24.4 Å². The first-order valence-electron chi connectivity index (χ1n) is 9.70. The molecule has 166 valence electrons. The number of benzene rings is 3. The number of nitrogens with zero attached hydrogens (tertiary/aromatic N) is 1. The minimum atomic E-state index is -4.80. The van der Waals surface area contributed by atoms with E-state index in [9.17, 15) is 18.3 Å². The van der Waals surface area contributed by atoms with E-state index >= 15 is 0 Å². The number of alkyl halides is 3. The Morgan fingerprint density at radius 3 is 2.38 bits per heavy atom. The summed E-state index contributed by atoms with van der Waals surface area (Å²) in [5.41, 5.74) is 3.54. The first kappa shape index (κ1) is 22.6. The van der Waals surface area contributed by atoms with Gasteiger partial charge in [0.05, 0.1) is 12.3 Å². The first-order chi connectivity index (χ1) is 15.3. The number of fused-ring (bicyclic) bond motifs is 1. The molecule has 0 amide bonds. The summed E-state index contributed by atoms with van der Waals surface area (Å²) in [6, 6.07) is 19.2. The third kappa shape index (κ3) is 4.60. The van der Waals surface area contributed by atoms with Crippen molar-refractivity contribution in [1.82, 2.24) is 4.57 Å². The van der Waals surface area contributed by atoms with Gasteiger partial charge in [-0.15, -0.1) is 24.9 Å². The maximum Gasteiger partial charge on any atom is 0.573 e. The van der Waals surface area contributed by atoms with Crippen molar-refractivity contribution in [3.8, 4) is 16.9 Å². The molecule has 0 radical (unpaired) electrons. The van der Waals surface area contributed by atoms with Gasteiger partial charge >= 0.3 is 6.36 Å². The Morgan fingerprint density at radius 1 is 1.03 bits per heavy atom. The molecule has 0 atom stereocenters. The van der Waals surface area contributed by atoms with Gasteiger partial charge in [0.1, 0.15) is 5.75 Å². The largest absolute Gasteiger partial charge is 0.573 e. The van der Waals surface area contributed by atoms with E-state index in [4.69, 9.17) is 11.6 Å². The van der Waals surface area contributed by atoms with Crippen LogP contribution in [0.5, 0.6) is 5.75 Å². The Balaban J connectivity index is 1.95. The van der Waals surface area contributed by atoms with Crippen molar-refractivity contribution in [3.05, 3.63) is 83.0 Å². The number of ether oxygens (including phenoxy) is 1. The molecule has 0 unspecified atom stereocenters. The van der Waals surface area contributed by atoms with Gasteiger partial charge < -0.3 is 14.4 Å². The van der Waals surface area contributed by atoms with Gasteiger partial charge in [-0.25, -0.2) is 0 Å². The zero-order chi connectivity index (χ0) is 22.9. The lowest BCUT2D eigenvalue weighted by Gasteiger charge is -2.12. The summed E-state index contributed by atoms with van der Waals surface area (Å²) >= 11 is 7.94. The Kier molecular flexibility index (Phi) is 6.42. The summed E-state index contributed by atoms with van der Waals surface area (Å²) in [6.07, 6.45) is -2.84. The fourth-order valence-electron chi connectivity index (χ4n) is 3.81. The van der Waals surface area contributed by atoms with Crippen molar-refractivity contribution < 1.29 is 23.0 Å². The van der Waals surface area contributed by atoms with E-state index in [-0.39, 0.29) is 12.4 Å². The van der Waals surface area contributed by atoms with Crippen LogP contribution in [0.2, 0.25) is 5.02 Å². The molecule has 4 aromatic rings. The van der Waals surface area contributed by atoms with E-state index < -0.39 is 6.36 Å². The van der Waals surface area contributed by atoms with Crippen LogP contribution in [0, 0.1) is 0 Å². The van der Waals surface area contributed by atoms with Crippen LogP contribution < -0.4 is 4.74 Å². The molecule has 0 bridgehead atoms. The van der Waals surface area contributed by atoms with E-state index in [0.717, 1.165) is 16.0 Å². The Bertz CT molecular complexity index is 1250. The highest BCUT2D eigenvalue weighted by atomic mass is 35.5. The molecule has 4 rings (SSSR count). The lowest BCUT2D eigenvalue weighted by molar-refractivity contribution is -0.274. The molecule has 32 heavy (non-hydrogen) atoms. The van der Waals surface area contributed by atoms with Gasteiger partial charge in [-0.05, 0) is 53.8 Å². The maximum absolute atomic E-state index is 12.8. The molecule has 1 aromatic heterocycles. The molecule has 0 saturated heterocycles. The van der Waals surface area contributed by atoms with Gasteiger partial charge in [-0.3, -0.25) is 0 Å². The van der Waals surface area contributed by atoms with Crippen LogP contribution in [0.3, 0.4) is 0 Å². The average Bonchev–Trinajstić information content (AvgIpc) is 3.06. The molecule has 0 aliphatic heterocycles. The van der Waals surface area contributed by atoms with Crippen LogP contribution in [-0.4, -0.2) is 22.3 Å². The zero-order valence-electron chi connectivity index (χ0n) is 17.0. The quantitative estimate of drug-likeness (QED) is 0.300. The average molecular weight is 478 g/mol. The van der Waals surface area contributed by atoms with Crippen molar-refractivity contribution in [3.63, 3.8) is 0 Å². The molecule has 0 saturated carbocycles. The van der Waals surface area contributed by atoms with Gasteiger partial charge in [0.15, 0.2) is 0 Å². The third-order valence-corrected chi connectivity index (χ3v) is 6.30. The summed E-state index contributed by atoms with van der Waals surface area (Å²) in [7, 11) is 0. The van der Waals surface area contributed by atoms with Crippen molar-refractivity contribution in [2.24, 2.45) is 0 Å². The number of aliphatic hydroxyl groups excluding tert-OH is 1. The van der Waals surface area contributed by atoms with Crippen molar-refractivity contribution in [1.29, 1.82) is 0 Å². The summed E-state index contributed by atoms with van der Waals surface area (Å²) in [5, 5.41) is 11.4. The minimum Gasteiger partial charge on any atom is -0.406 e. The molecule has 0 spiro atoms. The van der Waals surface area contributed by atoms with E-state index in [1.54, 1.807) is 23.9 Å². The highest BCUT2D eigenvalue weighted by Crippen LogP contribution is 2.39. The second-order valence-corrected chi connectivity index (χ2v) is 8.40. The fraction of sp³-hybridized carbons (Fsp3) is 0.167. The zero-order valence-corrected chi connectivity index (χ0v) is 18.6. The van der Waals surface area contributed by atoms with Gasteiger partial charge in [-0.2, -0.15) is 0 Å². The molecular formula is C24H19ClF3NO2S. The summed E-state index contributed by atoms with van der Waals surface area (Å²) in [5.74, 6) is -0.314. The Labute approximate surface area is 192 Å². The summed E-state index contributed by atoms with van der Waals surface area (Å²) in [6.45, 7) is 0.0582. The molecule has 3 aromatic carbocycles. The van der Waals surface area contributed by atoms with Crippen LogP contribution >= 0.6 is 23.4 Å². The lowest BCUT2D eigenvalue weighted by atomic mass is 10.0. The lowest BCUT2D eigenvalue weighted by Crippen LogP contribution is -2.17. The molecule has 1 N–H and O–H groups in total. The van der Waals surface area contributed by atoms with E-state index in [1.165, 1.54) is 12.1 Å². The van der Waals surface area contributed by atoms with Crippen LogP contribution in [0.25, 0.3) is 22.0 Å². The van der Waals surface area contributed by atoms with Crippen molar-refractivity contribution in [2.75, 3.05) is 6.26 Å². The van der Waals surface area contributed by atoms with Crippen LogP contribution in [0.4, 0.5) is 13.2 Å². The number of aliphatic hydroxyl groups is 1. The molecule has 0 aliphatic carbocycles. The molecule has 0 aliphatic rings. The first-order valence-corrected chi connectivity index (χ1v) is 11.3. The second kappa shape index (κ2) is 9.10. The maximum atomic E-state index is 12.8. The summed E-state index contributed by atoms with van der Waals surface area (Å²) in [4.78, 5) is 1.06. The minimum absolute atomic E-state index is 0.297. The molecular weight excluding hydrogens is 459 g/mol. The van der Waals surface area contributed by atoms with E-state index in [2.05, 4.69) is 4.74 Å². The predicted octanol–water partition coefficient (Wildman–Crippen LogP) is 7.12. The van der Waals surface area contributed by atoms with Gasteiger partial charge in [0, 0.05) is 32.9 Å². The monoisotopic (exact) mass is 477 g/mol.